The average molecular weight is 255 g/mol. The molecule has 0 N–H and O–H groups in total. The fraction of sp³-hybridized carbons (Fsp3) is 0.133. The minimum atomic E-state index is -1.15. The van der Waals surface area contributed by atoms with Crippen molar-refractivity contribution >= 4 is 10.8 Å². The first kappa shape index (κ1) is 12.5. The molecule has 2 aromatic rings. The number of nitrogens with zero attached hydrogens (tertiary/aromatic N) is 1. The summed E-state index contributed by atoms with van der Waals surface area (Å²) in [6.07, 6.45) is 1.59. The SMILES string of the molecule is Cc1ccc(-c2ccc(C#N)c(S(C)=O)c2)cc1. The van der Waals surface area contributed by atoms with Gasteiger partial charge in [0.2, 0.25) is 0 Å². The van der Waals surface area contributed by atoms with Gasteiger partial charge in [-0.1, -0.05) is 35.9 Å². The summed E-state index contributed by atoms with van der Waals surface area (Å²) in [6, 6.07) is 15.7. The summed E-state index contributed by atoms with van der Waals surface area (Å²) >= 11 is 0. The molecule has 2 nitrogen and oxygen atoms in total. The third-order valence-electron chi connectivity index (χ3n) is 2.80. The largest absolute Gasteiger partial charge is 0.255 e. The zero-order chi connectivity index (χ0) is 13.1. The normalized spacial score (nSPS) is 11.8. The van der Waals surface area contributed by atoms with Crippen LogP contribution in [0.1, 0.15) is 11.1 Å². The van der Waals surface area contributed by atoms with Gasteiger partial charge >= 0.3 is 0 Å². The smallest absolute Gasteiger partial charge is 0.100 e. The Morgan fingerprint density at radius 1 is 1.06 bits per heavy atom. The monoisotopic (exact) mass is 255 g/mol. The molecule has 0 aromatic heterocycles. The second-order valence-corrected chi connectivity index (χ2v) is 5.49. The highest BCUT2D eigenvalue weighted by atomic mass is 32.2. The van der Waals surface area contributed by atoms with Gasteiger partial charge < -0.3 is 0 Å². The van der Waals surface area contributed by atoms with E-state index in [9.17, 15) is 4.21 Å². The van der Waals surface area contributed by atoms with Gasteiger partial charge in [-0.05, 0) is 30.2 Å². The Labute approximate surface area is 109 Å². The molecule has 0 fully saturated rings. The Morgan fingerprint density at radius 2 is 1.67 bits per heavy atom. The fourth-order valence-electron chi connectivity index (χ4n) is 1.78. The van der Waals surface area contributed by atoms with E-state index in [0.717, 1.165) is 11.1 Å². The quantitative estimate of drug-likeness (QED) is 0.826. The van der Waals surface area contributed by atoms with Gasteiger partial charge in [-0.3, -0.25) is 4.21 Å². The molecule has 0 amide bonds. The van der Waals surface area contributed by atoms with Crippen LogP contribution in [0.25, 0.3) is 11.1 Å². The van der Waals surface area contributed by atoms with E-state index in [1.807, 2.05) is 43.3 Å². The van der Waals surface area contributed by atoms with Crippen LogP contribution in [0.4, 0.5) is 0 Å². The highest BCUT2D eigenvalue weighted by molar-refractivity contribution is 7.84. The molecule has 0 aliphatic heterocycles. The molecule has 90 valence electrons. The minimum absolute atomic E-state index is 0.478. The van der Waals surface area contributed by atoms with E-state index in [2.05, 4.69) is 6.07 Å². The number of hydrogen-bond donors (Lipinski definition) is 0. The van der Waals surface area contributed by atoms with Crippen LogP contribution in [0.15, 0.2) is 47.4 Å². The van der Waals surface area contributed by atoms with Crippen molar-refractivity contribution in [1.82, 2.24) is 0 Å². The molecule has 0 saturated carbocycles. The zero-order valence-electron chi connectivity index (χ0n) is 10.3. The van der Waals surface area contributed by atoms with E-state index in [0.29, 0.717) is 10.5 Å². The third kappa shape index (κ3) is 2.49. The van der Waals surface area contributed by atoms with Crippen LogP contribution in [-0.4, -0.2) is 10.5 Å². The molecule has 2 rings (SSSR count). The van der Waals surface area contributed by atoms with E-state index in [1.54, 1.807) is 12.3 Å². The third-order valence-corrected chi connectivity index (χ3v) is 3.75. The van der Waals surface area contributed by atoms with Crippen LogP contribution in [-0.2, 0) is 10.8 Å². The Bertz CT molecular complexity index is 639. The molecule has 0 aliphatic carbocycles. The first-order valence-corrected chi connectivity index (χ1v) is 7.12. The van der Waals surface area contributed by atoms with Crippen molar-refractivity contribution in [2.75, 3.05) is 6.26 Å². The van der Waals surface area contributed by atoms with E-state index >= 15 is 0 Å². The number of rotatable bonds is 2. The highest BCUT2D eigenvalue weighted by Gasteiger charge is 2.08. The molecular weight excluding hydrogens is 242 g/mol. The molecule has 0 heterocycles. The van der Waals surface area contributed by atoms with Gasteiger partial charge in [-0.25, -0.2) is 0 Å². The van der Waals surface area contributed by atoms with Crippen LogP contribution >= 0.6 is 0 Å². The highest BCUT2D eigenvalue weighted by Crippen LogP contribution is 2.24. The average Bonchev–Trinajstić information content (AvgIpc) is 2.39. The molecule has 0 aliphatic rings. The zero-order valence-corrected chi connectivity index (χ0v) is 11.1. The standard InChI is InChI=1S/C15H13NOS/c1-11-3-5-12(6-4-11)13-7-8-14(10-16)15(9-13)18(2)17/h3-9H,1-2H3. The lowest BCUT2D eigenvalue weighted by atomic mass is 10.0. The lowest BCUT2D eigenvalue weighted by Gasteiger charge is -2.06. The van der Waals surface area contributed by atoms with Crippen LogP contribution in [0.3, 0.4) is 0 Å². The predicted octanol–water partition coefficient (Wildman–Crippen LogP) is 3.27. The van der Waals surface area contributed by atoms with Gasteiger partial charge in [0.25, 0.3) is 0 Å². The summed E-state index contributed by atoms with van der Waals surface area (Å²) in [7, 11) is -1.15. The van der Waals surface area contributed by atoms with Gasteiger partial charge in [0.15, 0.2) is 0 Å². The predicted molar refractivity (Wildman–Crippen MR) is 73.7 cm³/mol. The second kappa shape index (κ2) is 5.16. The van der Waals surface area contributed by atoms with E-state index in [4.69, 9.17) is 5.26 Å². The van der Waals surface area contributed by atoms with Crippen molar-refractivity contribution < 1.29 is 4.21 Å². The molecule has 0 saturated heterocycles. The summed E-state index contributed by atoms with van der Waals surface area (Å²) < 4.78 is 11.6. The number of aryl methyl sites for hydroxylation is 1. The Hall–Kier alpha value is -1.92. The number of benzene rings is 2. The second-order valence-electron chi connectivity index (χ2n) is 4.14. The summed E-state index contributed by atoms with van der Waals surface area (Å²) in [6.45, 7) is 2.04. The summed E-state index contributed by atoms with van der Waals surface area (Å²) in [5, 5.41) is 8.98. The molecule has 1 atom stereocenters. The lowest BCUT2D eigenvalue weighted by Crippen LogP contribution is -1.93. The first-order chi connectivity index (χ1) is 8.61. The van der Waals surface area contributed by atoms with E-state index in [1.165, 1.54) is 5.56 Å². The van der Waals surface area contributed by atoms with Crippen molar-refractivity contribution in [1.29, 1.82) is 5.26 Å². The van der Waals surface area contributed by atoms with Crippen molar-refractivity contribution in [3.05, 3.63) is 53.6 Å². The maximum absolute atomic E-state index is 11.6. The van der Waals surface area contributed by atoms with Gasteiger partial charge in [0, 0.05) is 6.26 Å². The van der Waals surface area contributed by atoms with Gasteiger partial charge in [0.1, 0.15) is 6.07 Å². The van der Waals surface area contributed by atoms with E-state index in [-0.39, 0.29) is 0 Å². The van der Waals surface area contributed by atoms with Crippen LogP contribution < -0.4 is 0 Å². The van der Waals surface area contributed by atoms with Crippen LogP contribution in [0, 0.1) is 18.3 Å². The maximum Gasteiger partial charge on any atom is 0.100 e. The molecule has 1 unspecified atom stereocenters. The Balaban J connectivity index is 2.54. The maximum atomic E-state index is 11.6. The summed E-state index contributed by atoms with van der Waals surface area (Å²) in [5.41, 5.74) is 3.73. The first-order valence-electron chi connectivity index (χ1n) is 5.56. The molecule has 3 heteroatoms. The van der Waals surface area contributed by atoms with Gasteiger partial charge in [0.05, 0.1) is 21.3 Å². The molecule has 0 radical (unpaired) electrons. The summed E-state index contributed by atoms with van der Waals surface area (Å²) in [4.78, 5) is 0.593. The van der Waals surface area contributed by atoms with Crippen LogP contribution in [0.2, 0.25) is 0 Å². The molecule has 2 aromatic carbocycles. The van der Waals surface area contributed by atoms with Gasteiger partial charge in [-0.15, -0.1) is 0 Å². The Morgan fingerprint density at radius 3 is 2.22 bits per heavy atom. The minimum Gasteiger partial charge on any atom is -0.255 e. The van der Waals surface area contributed by atoms with Crippen molar-refractivity contribution in [3.8, 4) is 17.2 Å². The lowest BCUT2D eigenvalue weighted by molar-refractivity contribution is 0.686. The topological polar surface area (TPSA) is 40.9 Å². The Kier molecular flexibility index (Phi) is 3.59. The van der Waals surface area contributed by atoms with Crippen LogP contribution in [0.5, 0.6) is 0 Å². The number of hydrogen-bond acceptors (Lipinski definition) is 2. The fourth-order valence-corrected chi connectivity index (χ4v) is 2.49. The van der Waals surface area contributed by atoms with E-state index < -0.39 is 10.8 Å². The van der Waals surface area contributed by atoms with Crippen molar-refractivity contribution in [2.24, 2.45) is 0 Å². The molecule has 18 heavy (non-hydrogen) atoms. The molecular formula is C15H13NOS. The van der Waals surface area contributed by atoms with Crippen molar-refractivity contribution in [3.63, 3.8) is 0 Å². The molecule has 0 bridgehead atoms. The molecule has 0 spiro atoms. The van der Waals surface area contributed by atoms with Crippen molar-refractivity contribution in [2.45, 2.75) is 11.8 Å². The number of nitriles is 1. The van der Waals surface area contributed by atoms with Gasteiger partial charge in [-0.2, -0.15) is 5.26 Å². The summed E-state index contributed by atoms with van der Waals surface area (Å²) in [5.74, 6) is 0.